The van der Waals surface area contributed by atoms with Gasteiger partial charge in [0.2, 0.25) is 5.69 Å². The highest BCUT2D eigenvalue weighted by Crippen LogP contribution is 2.34. The Balaban J connectivity index is 2.08. The molecule has 0 spiro atoms. The molecule has 0 fully saturated rings. The largest absolute Gasteiger partial charge is 0.212 e. The molecule has 1 aromatic heterocycles. The fourth-order valence-electron chi connectivity index (χ4n) is 3.40. The van der Waals surface area contributed by atoms with Crippen molar-refractivity contribution in [2.75, 3.05) is 0 Å². The van der Waals surface area contributed by atoms with Crippen LogP contribution in [0.5, 0.6) is 0 Å². The molecule has 1 nitrogen and oxygen atoms in total. The summed E-state index contributed by atoms with van der Waals surface area (Å²) < 4.78 is 2.30. The summed E-state index contributed by atoms with van der Waals surface area (Å²) in [5.74, 6) is 0. The molecule has 0 saturated heterocycles. The van der Waals surface area contributed by atoms with Gasteiger partial charge in [-0.3, -0.25) is 0 Å². The van der Waals surface area contributed by atoms with Crippen LogP contribution in [0.25, 0.3) is 22.4 Å². The Morgan fingerprint density at radius 2 is 1.48 bits per heavy atom. The fraction of sp³-hybridized carbons (Fsp3) is 0.320. The molecule has 27 heavy (non-hydrogen) atoms. The molecule has 0 saturated carbocycles. The Kier molecular flexibility index (Phi) is 5.13. The Bertz CT molecular complexity index is 950. The molecule has 0 aliphatic heterocycles. The van der Waals surface area contributed by atoms with Crippen molar-refractivity contribution < 1.29 is 4.57 Å². The third-order valence-electron chi connectivity index (χ3n) is 6.35. The molecule has 0 radical (unpaired) electrons. The average molecular weight is 375 g/mol. The van der Waals surface area contributed by atoms with Crippen molar-refractivity contribution in [3.63, 3.8) is 0 Å². The minimum absolute atomic E-state index is 0.240. The molecule has 0 bridgehead atoms. The fourth-order valence-corrected chi connectivity index (χ4v) is 4.41. The Morgan fingerprint density at radius 3 is 2.07 bits per heavy atom. The highest BCUT2D eigenvalue weighted by molar-refractivity contribution is 6.78. The maximum absolute atomic E-state index is 2.45. The van der Waals surface area contributed by atoms with E-state index in [-0.39, 0.29) is 5.04 Å². The van der Waals surface area contributed by atoms with Gasteiger partial charge < -0.3 is 0 Å². The van der Waals surface area contributed by atoms with E-state index in [2.05, 4.69) is 119 Å². The second-order valence-corrected chi connectivity index (χ2v) is 14.9. The number of pyridine rings is 1. The second kappa shape index (κ2) is 7.08. The van der Waals surface area contributed by atoms with E-state index in [4.69, 9.17) is 0 Å². The van der Waals surface area contributed by atoms with Gasteiger partial charge >= 0.3 is 0 Å². The van der Waals surface area contributed by atoms with Crippen molar-refractivity contribution in [3.8, 4) is 22.4 Å². The SMILES string of the molecule is Cc1ccc(-c2ccccc2)cc1-c1ccc(C(C)(C)[Si](C)(C)C)c[n+]1C. The number of hydrogen-bond acceptors (Lipinski definition) is 0. The van der Waals surface area contributed by atoms with Crippen molar-refractivity contribution in [1.82, 2.24) is 0 Å². The predicted octanol–water partition coefficient (Wildman–Crippen LogP) is 6.31. The van der Waals surface area contributed by atoms with Gasteiger partial charge in [-0.15, -0.1) is 0 Å². The summed E-state index contributed by atoms with van der Waals surface area (Å²) in [4.78, 5) is 0. The summed E-state index contributed by atoms with van der Waals surface area (Å²) >= 11 is 0. The lowest BCUT2D eigenvalue weighted by molar-refractivity contribution is -0.661. The van der Waals surface area contributed by atoms with E-state index in [1.54, 1.807) is 0 Å². The van der Waals surface area contributed by atoms with Crippen LogP contribution >= 0.6 is 0 Å². The second-order valence-electron chi connectivity index (χ2n) is 9.18. The zero-order valence-electron chi connectivity index (χ0n) is 17.8. The third kappa shape index (κ3) is 3.77. The lowest BCUT2D eigenvalue weighted by Gasteiger charge is -2.36. The minimum Gasteiger partial charge on any atom is -0.201 e. The summed E-state index contributed by atoms with van der Waals surface area (Å²) in [7, 11) is 0.852. The van der Waals surface area contributed by atoms with E-state index >= 15 is 0 Å². The monoisotopic (exact) mass is 374 g/mol. The number of hydrogen-bond donors (Lipinski definition) is 0. The lowest BCUT2D eigenvalue weighted by atomic mass is 9.96. The van der Waals surface area contributed by atoms with Crippen molar-refractivity contribution in [2.45, 2.75) is 45.5 Å². The summed E-state index contributed by atoms with van der Waals surface area (Å²) in [6.07, 6.45) is 2.34. The van der Waals surface area contributed by atoms with E-state index < -0.39 is 8.07 Å². The summed E-state index contributed by atoms with van der Waals surface area (Å²) in [5, 5.41) is 0.240. The van der Waals surface area contributed by atoms with Gasteiger partial charge in [-0.25, -0.2) is 4.57 Å². The van der Waals surface area contributed by atoms with Crippen LogP contribution < -0.4 is 4.57 Å². The van der Waals surface area contributed by atoms with Crippen molar-refractivity contribution in [2.24, 2.45) is 7.05 Å². The standard InChI is InChI=1S/C25H32NSi/c1-19-13-14-21(20-11-9-8-10-12-20)17-23(19)24-16-15-22(18-26(24)4)25(2,3)27(5,6)7/h8-18H,1-7H3/q+1. The molecule has 2 aromatic carbocycles. The number of aryl methyl sites for hydroxylation is 2. The zero-order valence-corrected chi connectivity index (χ0v) is 18.8. The Hall–Kier alpha value is -2.19. The van der Waals surface area contributed by atoms with Gasteiger partial charge in [-0.05, 0) is 40.8 Å². The molecular formula is C25H32NSi+. The first-order chi connectivity index (χ1) is 12.6. The summed E-state index contributed by atoms with van der Waals surface area (Å²) in [5.41, 5.74) is 7.84. The third-order valence-corrected chi connectivity index (χ3v) is 10.4. The number of aromatic nitrogens is 1. The topological polar surface area (TPSA) is 3.88 Å². The van der Waals surface area contributed by atoms with Gasteiger partial charge in [0, 0.05) is 17.2 Å². The molecule has 0 aliphatic rings. The summed E-state index contributed by atoms with van der Waals surface area (Å²) in [6.45, 7) is 14.4. The molecule has 2 heteroatoms. The highest BCUT2D eigenvalue weighted by atomic mass is 28.3. The molecular weight excluding hydrogens is 342 g/mol. The molecule has 0 amide bonds. The van der Waals surface area contributed by atoms with Crippen LogP contribution in [0.4, 0.5) is 0 Å². The van der Waals surface area contributed by atoms with Crippen LogP contribution in [0, 0.1) is 6.92 Å². The molecule has 3 rings (SSSR count). The van der Waals surface area contributed by atoms with Crippen molar-refractivity contribution in [1.29, 1.82) is 0 Å². The number of nitrogens with zero attached hydrogens (tertiary/aromatic N) is 1. The Morgan fingerprint density at radius 1 is 0.815 bits per heavy atom. The minimum atomic E-state index is -1.32. The molecule has 0 aliphatic carbocycles. The highest BCUT2D eigenvalue weighted by Gasteiger charge is 2.37. The van der Waals surface area contributed by atoms with Crippen LogP contribution in [0.3, 0.4) is 0 Å². The first-order valence-electron chi connectivity index (χ1n) is 9.78. The maximum Gasteiger partial charge on any atom is 0.212 e. The molecule has 3 aromatic rings. The molecule has 0 N–H and O–H groups in total. The van der Waals surface area contributed by atoms with Gasteiger partial charge in [0.15, 0.2) is 6.20 Å². The van der Waals surface area contributed by atoms with Gasteiger partial charge in [0.1, 0.15) is 7.05 Å². The summed E-state index contributed by atoms with van der Waals surface area (Å²) in [6, 6.07) is 22.0. The average Bonchev–Trinajstić information content (AvgIpc) is 2.62. The molecule has 140 valence electrons. The maximum atomic E-state index is 2.45. The Labute approximate surface area is 165 Å². The molecule has 0 unspecified atom stereocenters. The molecule has 1 heterocycles. The predicted molar refractivity (Wildman–Crippen MR) is 120 cm³/mol. The normalized spacial score (nSPS) is 12.3. The van der Waals surface area contributed by atoms with E-state index in [1.807, 2.05) is 0 Å². The van der Waals surface area contributed by atoms with Crippen LogP contribution in [-0.4, -0.2) is 8.07 Å². The zero-order chi connectivity index (χ0) is 19.8. The van der Waals surface area contributed by atoms with Crippen LogP contribution in [0.15, 0.2) is 66.9 Å². The lowest BCUT2D eigenvalue weighted by Crippen LogP contribution is -2.46. The van der Waals surface area contributed by atoms with E-state index in [1.165, 1.54) is 33.5 Å². The number of rotatable bonds is 4. The quantitative estimate of drug-likeness (QED) is 0.372. The van der Waals surface area contributed by atoms with E-state index in [0.717, 1.165) is 0 Å². The van der Waals surface area contributed by atoms with Crippen LogP contribution in [-0.2, 0) is 12.1 Å². The number of benzene rings is 2. The van der Waals surface area contributed by atoms with E-state index in [0.29, 0.717) is 0 Å². The van der Waals surface area contributed by atoms with Crippen LogP contribution in [0.2, 0.25) is 19.6 Å². The molecule has 0 atom stereocenters. The first kappa shape index (κ1) is 19.6. The van der Waals surface area contributed by atoms with Gasteiger partial charge in [-0.2, -0.15) is 0 Å². The van der Waals surface area contributed by atoms with Gasteiger partial charge in [0.05, 0.1) is 8.07 Å². The van der Waals surface area contributed by atoms with Crippen molar-refractivity contribution in [3.05, 3.63) is 78.0 Å². The van der Waals surface area contributed by atoms with Gasteiger partial charge in [-0.1, -0.05) is 76.0 Å². The first-order valence-corrected chi connectivity index (χ1v) is 13.3. The smallest absolute Gasteiger partial charge is 0.201 e. The van der Waals surface area contributed by atoms with E-state index in [9.17, 15) is 0 Å². The van der Waals surface area contributed by atoms with Gasteiger partial charge in [0.25, 0.3) is 0 Å². The van der Waals surface area contributed by atoms with Crippen LogP contribution in [0.1, 0.15) is 25.0 Å². The van der Waals surface area contributed by atoms with Crippen molar-refractivity contribution >= 4 is 8.07 Å².